The van der Waals surface area contributed by atoms with Gasteiger partial charge in [-0.3, -0.25) is 4.57 Å². The minimum absolute atomic E-state index is 0.823. The minimum Gasteiger partial charge on any atom is -0.309 e. The number of benzene rings is 8. The third-order valence-electron chi connectivity index (χ3n) is 10.9. The van der Waals surface area contributed by atoms with Crippen LogP contribution in [-0.2, 0) is 0 Å². The zero-order chi connectivity index (χ0) is 34.6. The Hall–Kier alpha value is -6.82. The fraction of sp³-hybridized carbons (Fsp3) is 0. The Balaban J connectivity index is 1.25. The smallest absolute Gasteiger partial charge is 0.165 e. The van der Waals surface area contributed by atoms with Gasteiger partial charge in [0.1, 0.15) is 5.69 Å². The molecule has 5 heteroatoms. The van der Waals surface area contributed by atoms with E-state index < -0.39 is 0 Å². The van der Waals surface area contributed by atoms with Crippen molar-refractivity contribution in [2.24, 2.45) is 0 Å². The van der Waals surface area contributed by atoms with Crippen LogP contribution >= 0.6 is 11.3 Å². The van der Waals surface area contributed by atoms with Gasteiger partial charge in [0.15, 0.2) is 5.82 Å². The molecule has 0 aliphatic rings. The number of para-hydroxylation sites is 4. The largest absolute Gasteiger partial charge is 0.309 e. The number of rotatable bonds is 3. The summed E-state index contributed by atoms with van der Waals surface area (Å²) in [4.78, 5) is 11.0. The molecule has 0 amide bonds. The molecule has 4 nitrogen and oxygen atoms in total. The average molecular weight is 693 g/mol. The molecule has 0 atom stereocenters. The van der Waals surface area contributed by atoms with E-state index in [1.165, 1.54) is 63.5 Å². The summed E-state index contributed by atoms with van der Waals surface area (Å²) in [6, 6.07) is 61.1. The minimum atomic E-state index is 0.823. The molecule has 0 radical (unpaired) electrons. The van der Waals surface area contributed by atoms with Gasteiger partial charge in [-0.15, -0.1) is 11.3 Å². The molecule has 0 aliphatic carbocycles. The number of nitrogens with zero attached hydrogens (tertiary/aromatic N) is 4. The lowest BCUT2D eigenvalue weighted by molar-refractivity contribution is 1.08. The molecule has 0 unspecified atom stereocenters. The first-order valence-electron chi connectivity index (χ1n) is 17.9. The summed E-state index contributed by atoms with van der Waals surface area (Å²) in [5, 5.41) is 9.83. The van der Waals surface area contributed by atoms with Crippen molar-refractivity contribution in [2.75, 3.05) is 0 Å². The highest BCUT2D eigenvalue weighted by atomic mass is 32.1. The van der Waals surface area contributed by atoms with Gasteiger partial charge < -0.3 is 4.57 Å². The topological polar surface area (TPSA) is 35.6 Å². The molecule has 0 spiro atoms. The van der Waals surface area contributed by atoms with Crippen molar-refractivity contribution < 1.29 is 0 Å². The first kappa shape index (κ1) is 28.8. The molecule has 8 aromatic carbocycles. The second kappa shape index (κ2) is 10.8. The average Bonchev–Trinajstić information content (AvgIpc) is 3.88. The lowest BCUT2D eigenvalue weighted by atomic mass is 10.0. The third-order valence-corrected chi connectivity index (χ3v) is 12.1. The molecule has 4 aromatic heterocycles. The fourth-order valence-electron chi connectivity index (χ4n) is 8.60. The molecule has 0 saturated carbocycles. The number of fused-ring (bicyclic) bond motifs is 12. The summed E-state index contributed by atoms with van der Waals surface area (Å²) in [6.07, 6.45) is 0. The molecule has 4 heterocycles. The second-order valence-electron chi connectivity index (χ2n) is 13.8. The Labute approximate surface area is 307 Å². The van der Waals surface area contributed by atoms with Crippen molar-refractivity contribution in [1.29, 1.82) is 0 Å². The Bertz CT molecular complexity index is 3420. The van der Waals surface area contributed by atoms with Crippen molar-refractivity contribution in [2.45, 2.75) is 0 Å². The van der Waals surface area contributed by atoms with E-state index in [2.05, 4.69) is 167 Å². The van der Waals surface area contributed by atoms with Crippen LogP contribution in [0.1, 0.15) is 0 Å². The van der Waals surface area contributed by atoms with E-state index in [0.717, 1.165) is 44.8 Å². The van der Waals surface area contributed by atoms with E-state index in [-0.39, 0.29) is 0 Å². The van der Waals surface area contributed by atoms with Crippen LogP contribution in [0.2, 0.25) is 0 Å². The van der Waals surface area contributed by atoms with Gasteiger partial charge in [0.25, 0.3) is 0 Å². The maximum Gasteiger partial charge on any atom is 0.165 e. The third kappa shape index (κ3) is 4.05. The van der Waals surface area contributed by atoms with Gasteiger partial charge in [-0.2, -0.15) is 0 Å². The highest BCUT2D eigenvalue weighted by Crippen LogP contribution is 2.44. The van der Waals surface area contributed by atoms with E-state index >= 15 is 0 Å². The summed E-state index contributed by atoms with van der Waals surface area (Å²) >= 11 is 1.83. The predicted octanol–water partition coefficient (Wildman–Crippen LogP) is 13.0. The molecule has 0 aliphatic heterocycles. The summed E-state index contributed by atoms with van der Waals surface area (Å²) in [7, 11) is 0. The maximum absolute atomic E-state index is 5.53. The number of aromatic nitrogens is 4. The summed E-state index contributed by atoms with van der Waals surface area (Å²) in [6.45, 7) is 0. The summed E-state index contributed by atoms with van der Waals surface area (Å²) < 4.78 is 7.26. The van der Waals surface area contributed by atoms with E-state index in [1.54, 1.807) is 0 Å². The number of hydrogen-bond acceptors (Lipinski definition) is 3. The quantitative estimate of drug-likeness (QED) is 0.185. The Kier molecular flexibility index (Phi) is 5.90. The van der Waals surface area contributed by atoms with Crippen molar-refractivity contribution in [3.63, 3.8) is 0 Å². The fourth-order valence-corrected chi connectivity index (χ4v) is 9.82. The molecular formula is C48H28N4S. The molecule has 0 bridgehead atoms. The molecule has 0 saturated heterocycles. The van der Waals surface area contributed by atoms with Crippen LogP contribution < -0.4 is 0 Å². The van der Waals surface area contributed by atoms with Gasteiger partial charge in [-0.25, -0.2) is 9.97 Å². The monoisotopic (exact) mass is 692 g/mol. The van der Waals surface area contributed by atoms with Gasteiger partial charge in [-0.05, 0) is 59.3 Å². The number of thiophene rings is 1. The SMILES string of the molecule is c1ccc2c(c1)ccc1c2c2ccc(-n3c4ccccc4c4ccccc43)cc2n1-c1nc2ccccc2nc1-c1cccc2c1sc1ccccc12. The highest BCUT2D eigenvalue weighted by Gasteiger charge is 2.23. The van der Waals surface area contributed by atoms with Crippen molar-refractivity contribution in [3.8, 4) is 22.8 Å². The normalized spacial score (nSPS) is 12.2. The first-order valence-corrected chi connectivity index (χ1v) is 18.7. The van der Waals surface area contributed by atoms with Crippen LogP contribution in [0.4, 0.5) is 0 Å². The summed E-state index contributed by atoms with van der Waals surface area (Å²) in [5.74, 6) is 0.823. The standard InChI is InChI=1S/C48H28N4S/c1-2-13-31-29(12-1)24-27-42-45(31)36-26-25-30(51-40-21-8-3-14-32(40)33-15-4-9-22-41(33)51)28-43(36)52(42)48-46(49-38-19-6-7-20-39(38)50-48)37-18-11-17-35-34-16-5-10-23-44(34)53-47(35)37/h1-28H. The lowest BCUT2D eigenvalue weighted by Crippen LogP contribution is -2.04. The van der Waals surface area contributed by atoms with Crippen LogP contribution in [0.5, 0.6) is 0 Å². The Morgan fingerprint density at radius 3 is 1.89 bits per heavy atom. The van der Waals surface area contributed by atoms with E-state index in [1.807, 2.05) is 23.5 Å². The predicted molar refractivity (Wildman–Crippen MR) is 224 cm³/mol. The lowest BCUT2D eigenvalue weighted by Gasteiger charge is -2.15. The molecular weight excluding hydrogens is 665 g/mol. The van der Waals surface area contributed by atoms with Crippen LogP contribution in [0, 0.1) is 0 Å². The van der Waals surface area contributed by atoms with Gasteiger partial charge in [0.05, 0.1) is 33.1 Å². The van der Waals surface area contributed by atoms with Gasteiger partial charge in [-0.1, -0.05) is 121 Å². The van der Waals surface area contributed by atoms with E-state index in [4.69, 9.17) is 9.97 Å². The van der Waals surface area contributed by atoms with E-state index in [0.29, 0.717) is 0 Å². The zero-order valence-corrected chi connectivity index (χ0v) is 29.2. The van der Waals surface area contributed by atoms with Crippen molar-refractivity contribution in [3.05, 3.63) is 170 Å². The van der Waals surface area contributed by atoms with Crippen LogP contribution in [0.3, 0.4) is 0 Å². The second-order valence-corrected chi connectivity index (χ2v) is 14.8. The van der Waals surface area contributed by atoms with Crippen LogP contribution in [0.25, 0.3) is 108 Å². The van der Waals surface area contributed by atoms with E-state index in [9.17, 15) is 0 Å². The van der Waals surface area contributed by atoms with Gasteiger partial charge in [0.2, 0.25) is 0 Å². The number of hydrogen-bond donors (Lipinski definition) is 0. The van der Waals surface area contributed by atoms with Crippen LogP contribution in [-0.4, -0.2) is 19.1 Å². The van der Waals surface area contributed by atoms with Gasteiger partial charge >= 0.3 is 0 Å². The van der Waals surface area contributed by atoms with Crippen LogP contribution in [0.15, 0.2) is 170 Å². The Morgan fingerprint density at radius 1 is 0.415 bits per heavy atom. The zero-order valence-electron chi connectivity index (χ0n) is 28.4. The van der Waals surface area contributed by atoms with Crippen molar-refractivity contribution in [1.82, 2.24) is 19.1 Å². The summed E-state index contributed by atoms with van der Waals surface area (Å²) in [5.41, 5.74) is 9.36. The molecule has 0 N–H and O–H groups in total. The molecule has 12 rings (SSSR count). The first-order chi connectivity index (χ1) is 26.3. The van der Waals surface area contributed by atoms with Gasteiger partial charge in [0, 0.05) is 53.0 Å². The Morgan fingerprint density at radius 2 is 1.08 bits per heavy atom. The molecule has 12 aromatic rings. The molecule has 246 valence electrons. The highest BCUT2D eigenvalue weighted by molar-refractivity contribution is 7.26. The molecule has 0 fully saturated rings. The maximum atomic E-state index is 5.53. The van der Waals surface area contributed by atoms with Crippen molar-refractivity contribution >= 4 is 96.9 Å². The molecule has 53 heavy (non-hydrogen) atoms.